The maximum atomic E-state index is 12.2. The Morgan fingerprint density at radius 2 is 1.86 bits per heavy atom. The number of carbonyl (C=O) groups excluding carboxylic acids is 1. The van der Waals surface area contributed by atoms with Crippen molar-refractivity contribution in [2.24, 2.45) is 5.92 Å². The monoisotopic (exact) mass is 562 g/mol. The number of morpholine rings is 1. The van der Waals surface area contributed by atoms with E-state index in [0.717, 1.165) is 23.2 Å². The molecule has 1 atom stereocenters. The second-order valence-electron chi connectivity index (χ2n) is 10.9. The van der Waals surface area contributed by atoms with Gasteiger partial charge >= 0.3 is 0 Å². The molecule has 216 valence electrons. The first-order valence-corrected chi connectivity index (χ1v) is 15.0. The fourth-order valence-electron chi connectivity index (χ4n) is 5.65. The van der Waals surface area contributed by atoms with E-state index in [1.54, 1.807) is 6.08 Å². The minimum atomic E-state index is -0.372. The molecule has 2 heterocycles. The normalized spacial score (nSPS) is 18.1. The van der Waals surface area contributed by atoms with E-state index in [-0.39, 0.29) is 11.9 Å². The minimum Gasteiger partial charge on any atom is -0.492 e. The quantitative estimate of drug-likeness (QED) is 0.122. The van der Waals surface area contributed by atoms with Crippen molar-refractivity contribution in [1.29, 1.82) is 0 Å². The van der Waals surface area contributed by atoms with Gasteiger partial charge in [-0.1, -0.05) is 61.0 Å². The molecule has 1 unspecified atom stereocenters. The van der Waals surface area contributed by atoms with Crippen LogP contribution in [0.4, 0.5) is 0 Å². The number of carbonyl (C=O) groups is 1. The number of nitrogens with zero attached hydrogens (tertiary/aromatic N) is 1. The van der Waals surface area contributed by atoms with Gasteiger partial charge in [-0.2, -0.15) is 5.10 Å². The second-order valence-corrected chi connectivity index (χ2v) is 10.9. The molecular formula is C35H38N4O3. The Balaban J connectivity index is 1.14. The molecule has 7 nitrogen and oxygen atoms in total. The molecule has 1 aliphatic heterocycles. The highest BCUT2D eigenvalue weighted by molar-refractivity contribution is 6.01. The predicted molar refractivity (Wildman–Crippen MR) is 167 cm³/mol. The van der Waals surface area contributed by atoms with Crippen LogP contribution in [0.25, 0.3) is 22.0 Å². The summed E-state index contributed by atoms with van der Waals surface area (Å²) in [5, 5.41) is 14.9. The van der Waals surface area contributed by atoms with E-state index in [9.17, 15) is 4.79 Å². The lowest BCUT2D eigenvalue weighted by molar-refractivity contribution is -0.126. The zero-order valence-electron chi connectivity index (χ0n) is 23.9. The number of hydrogen-bond acceptors (Lipinski definition) is 6. The largest absolute Gasteiger partial charge is 0.492 e. The van der Waals surface area contributed by atoms with Crippen LogP contribution in [-0.2, 0) is 9.53 Å². The van der Waals surface area contributed by atoms with Crippen LogP contribution < -0.4 is 15.4 Å². The molecule has 7 heteroatoms. The number of fused-ring (bicyclic) bond motifs is 1. The van der Waals surface area contributed by atoms with Crippen molar-refractivity contribution in [1.82, 2.24) is 20.8 Å². The first kappa shape index (κ1) is 28.1. The highest BCUT2D eigenvalue weighted by atomic mass is 16.5. The topological polar surface area (TPSA) is 88.3 Å². The first-order valence-electron chi connectivity index (χ1n) is 15.0. The summed E-state index contributed by atoms with van der Waals surface area (Å²) in [5.41, 5.74) is 7.40. The van der Waals surface area contributed by atoms with E-state index in [0.29, 0.717) is 38.8 Å². The Kier molecular flexibility index (Phi) is 9.20. The Morgan fingerprint density at radius 3 is 2.62 bits per heavy atom. The van der Waals surface area contributed by atoms with Gasteiger partial charge in [-0.15, -0.1) is 0 Å². The smallest absolute Gasteiger partial charge is 0.185 e. The van der Waals surface area contributed by atoms with Crippen molar-refractivity contribution < 1.29 is 14.3 Å². The van der Waals surface area contributed by atoms with Crippen LogP contribution in [0.5, 0.6) is 5.75 Å². The maximum absolute atomic E-state index is 12.2. The van der Waals surface area contributed by atoms with Gasteiger partial charge in [0.1, 0.15) is 18.5 Å². The maximum Gasteiger partial charge on any atom is 0.185 e. The molecule has 0 spiro atoms. The summed E-state index contributed by atoms with van der Waals surface area (Å²) in [4.78, 5) is 12.2. The number of aromatic nitrogens is 2. The molecule has 4 aromatic rings. The van der Waals surface area contributed by atoms with E-state index >= 15 is 0 Å². The van der Waals surface area contributed by atoms with Gasteiger partial charge in [0.2, 0.25) is 0 Å². The molecule has 2 aliphatic rings. The fraction of sp³-hybridized carbons (Fsp3) is 0.314. The van der Waals surface area contributed by atoms with Crippen LogP contribution in [0.15, 0.2) is 91.1 Å². The van der Waals surface area contributed by atoms with Crippen molar-refractivity contribution >= 4 is 27.8 Å². The average molecular weight is 563 g/mol. The van der Waals surface area contributed by atoms with Gasteiger partial charge in [-0.25, -0.2) is 0 Å². The van der Waals surface area contributed by atoms with Gasteiger partial charge in [0, 0.05) is 31.6 Å². The third-order valence-electron chi connectivity index (χ3n) is 8.08. The Labute approximate surface area is 247 Å². The highest BCUT2D eigenvalue weighted by Gasteiger charge is 2.27. The van der Waals surface area contributed by atoms with Gasteiger partial charge in [-0.05, 0) is 76.9 Å². The van der Waals surface area contributed by atoms with Crippen LogP contribution in [0.2, 0.25) is 0 Å². The molecule has 42 heavy (non-hydrogen) atoms. The molecule has 1 saturated heterocycles. The Morgan fingerprint density at radius 1 is 1.02 bits per heavy atom. The summed E-state index contributed by atoms with van der Waals surface area (Å²) >= 11 is 0. The molecule has 0 bridgehead atoms. The van der Waals surface area contributed by atoms with Crippen molar-refractivity contribution in [2.75, 3.05) is 39.4 Å². The molecule has 1 aromatic heterocycles. The molecule has 6 rings (SSSR count). The van der Waals surface area contributed by atoms with Crippen molar-refractivity contribution in [2.45, 2.75) is 25.4 Å². The lowest BCUT2D eigenvalue weighted by Crippen LogP contribution is -2.42. The van der Waals surface area contributed by atoms with E-state index in [2.05, 4.69) is 93.6 Å². The lowest BCUT2D eigenvalue weighted by Gasteiger charge is -2.31. The van der Waals surface area contributed by atoms with Gasteiger partial charge in [0.05, 0.1) is 18.3 Å². The predicted octanol–water partition coefficient (Wildman–Crippen LogP) is 5.40. The number of allylic oxidation sites excluding steroid dienone is 1. The standard InChI is InChI=1S/C35H38N4O3/c40-32(33-24-37-19-21-42-33)10-5-17-36-18-20-41-30-14-11-27(12-15-30)35(28-13-16-31-29(22-28)23-38-39-31)34(26-8-4-9-26)25-6-2-1-3-7-25/h1-3,5-7,10-16,22-23,26,33,36-37H,4,8-9,17-21,24H2,(H,38,39)/b10-5+,35-34-. The van der Waals surface area contributed by atoms with Gasteiger partial charge in [-0.3, -0.25) is 9.89 Å². The van der Waals surface area contributed by atoms with Crippen LogP contribution in [0, 0.1) is 5.92 Å². The summed E-state index contributed by atoms with van der Waals surface area (Å²) in [6, 6.07) is 25.9. The molecule has 0 radical (unpaired) electrons. The van der Waals surface area contributed by atoms with E-state index in [4.69, 9.17) is 9.47 Å². The van der Waals surface area contributed by atoms with Crippen LogP contribution >= 0.6 is 0 Å². The number of H-pyrrole nitrogens is 1. The van der Waals surface area contributed by atoms with E-state index < -0.39 is 0 Å². The zero-order chi connectivity index (χ0) is 28.6. The fourth-order valence-corrected chi connectivity index (χ4v) is 5.65. The number of ether oxygens (including phenoxy) is 2. The molecule has 1 aliphatic carbocycles. The van der Waals surface area contributed by atoms with Crippen LogP contribution in [0.1, 0.15) is 36.0 Å². The van der Waals surface area contributed by atoms with E-state index in [1.165, 1.54) is 47.1 Å². The van der Waals surface area contributed by atoms with Gasteiger partial charge < -0.3 is 20.1 Å². The van der Waals surface area contributed by atoms with Gasteiger partial charge in [0.15, 0.2) is 5.78 Å². The third-order valence-corrected chi connectivity index (χ3v) is 8.08. The summed E-state index contributed by atoms with van der Waals surface area (Å²) in [5.74, 6) is 1.38. The summed E-state index contributed by atoms with van der Waals surface area (Å²) < 4.78 is 11.5. The number of rotatable bonds is 12. The molecule has 2 fully saturated rings. The Hall–Kier alpha value is -4.04. The Bertz CT molecular complexity index is 1530. The third kappa shape index (κ3) is 6.71. The molecular weight excluding hydrogens is 524 g/mol. The highest BCUT2D eigenvalue weighted by Crippen LogP contribution is 2.45. The van der Waals surface area contributed by atoms with Crippen molar-refractivity contribution in [3.63, 3.8) is 0 Å². The number of nitrogens with one attached hydrogen (secondary N) is 3. The van der Waals surface area contributed by atoms with Crippen LogP contribution in [-0.4, -0.2) is 61.5 Å². The lowest BCUT2D eigenvalue weighted by atomic mass is 9.73. The zero-order valence-corrected chi connectivity index (χ0v) is 23.9. The SMILES string of the molecule is O=C(/C=C/CNCCOc1ccc(/C(=C(\c2ccccc2)C2CCC2)c2ccc3[nH]ncc3c2)cc1)C1CNCCO1. The van der Waals surface area contributed by atoms with Crippen LogP contribution in [0.3, 0.4) is 0 Å². The summed E-state index contributed by atoms with van der Waals surface area (Å²) in [7, 11) is 0. The number of ketones is 1. The summed E-state index contributed by atoms with van der Waals surface area (Å²) in [6.45, 7) is 3.77. The van der Waals surface area contributed by atoms with Crippen molar-refractivity contribution in [3.05, 3.63) is 108 Å². The molecule has 1 saturated carbocycles. The summed E-state index contributed by atoms with van der Waals surface area (Å²) in [6.07, 6.45) is 8.67. The van der Waals surface area contributed by atoms with Gasteiger partial charge in [0.25, 0.3) is 0 Å². The minimum absolute atomic E-state index is 0.00572. The first-order chi connectivity index (χ1) is 20.8. The van der Waals surface area contributed by atoms with E-state index in [1.807, 2.05) is 12.3 Å². The molecule has 0 amide bonds. The second kappa shape index (κ2) is 13.7. The number of aromatic amines is 1. The molecule has 3 aromatic carbocycles. The molecule has 3 N–H and O–H groups in total. The average Bonchev–Trinajstić information content (AvgIpc) is 3.49. The van der Waals surface area contributed by atoms with Crippen molar-refractivity contribution in [3.8, 4) is 5.75 Å². The number of hydrogen-bond donors (Lipinski definition) is 3. The number of benzene rings is 3.